The molecule has 2 aromatic carbocycles. The van der Waals surface area contributed by atoms with E-state index in [9.17, 15) is 4.79 Å². The van der Waals surface area contributed by atoms with E-state index in [-0.39, 0.29) is 18.3 Å². The fourth-order valence-corrected chi connectivity index (χ4v) is 4.91. The van der Waals surface area contributed by atoms with Crippen molar-refractivity contribution < 1.29 is 4.79 Å². The number of amides is 1. The molecule has 3 aromatic rings. The van der Waals surface area contributed by atoms with E-state index in [1.54, 1.807) is 12.4 Å². The van der Waals surface area contributed by atoms with Crippen LogP contribution in [0.4, 0.5) is 11.6 Å². The number of carbonyl (C=O) groups is 1. The number of likely N-dealkylation sites (tertiary alicyclic amines) is 2. The molecular formula is C24H26ClN5O. The Balaban J connectivity index is 0.00000231. The van der Waals surface area contributed by atoms with Crippen LogP contribution in [-0.4, -0.2) is 52.4 Å². The molecule has 0 aliphatic carbocycles. The summed E-state index contributed by atoms with van der Waals surface area (Å²) in [5.41, 5.74) is 2.79. The quantitative estimate of drug-likeness (QED) is 0.670. The van der Waals surface area contributed by atoms with Crippen LogP contribution in [0, 0.1) is 11.8 Å². The van der Waals surface area contributed by atoms with E-state index in [2.05, 4.69) is 57.6 Å². The van der Waals surface area contributed by atoms with E-state index in [4.69, 9.17) is 0 Å². The predicted octanol–water partition coefficient (Wildman–Crippen LogP) is 4.02. The molecule has 0 radical (unpaired) electrons. The van der Waals surface area contributed by atoms with Gasteiger partial charge in [-0.3, -0.25) is 9.69 Å². The second-order valence-corrected chi connectivity index (χ2v) is 8.22. The van der Waals surface area contributed by atoms with Gasteiger partial charge in [-0.2, -0.15) is 0 Å². The number of anilines is 2. The second kappa shape index (κ2) is 9.04. The molecule has 5 rings (SSSR count). The molecule has 3 atom stereocenters. The van der Waals surface area contributed by atoms with Crippen LogP contribution >= 0.6 is 12.4 Å². The Hall–Kier alpha value is -2.96. The van der Waals surface area contributed by atoms with Crippen molar-refractivity contribution in [3.8, 4) is 0 Å². The van der Waals surface area contributed by atoms with Gasteiger partial charge in [-0.1, -0.05) is 48.5 Å². The number of rotatable bonds is 4. The predicted molar refractivity (Wildman–Crippen MR) is 124 cm³/mol. The van der Waals surface area contributed by atoms with Crippen LogP contribution in [0.2, 0.25) is 0 Å². The van der Waals surface area contributed by atoms with E-state index >= 15 is 0 Å². The summed E-state index contributed by atoms with van der Waals surface area (Å²) in [5, 5.41) is 3.15. The number of nitrogens with one attached hydrogen (secondary N) is 1. The largest absolute Gasteiger partial charge is 0.338 e. The SMILES string of the molecule is CN1C[C@H]2CN(C(=O)c3cnc(Nc4ccccc4)nc3)C[C@H]2[C@@H]1c1ccccc1.Cl. The first-order valence-corrected chi connectivity index (χ1v) is 10.4. The first-order valence-electron chi connectivity index (χ1n) is 10.4. The molecule has 1 N–H and O–H groups in total. The lowest BCUT2D eigenvalue weighted by atomic mass is 9.90. The molecule has 7 heteroatoms. The summed E-state index contributed by atoms with van der Waals surface area (Å²) >= 11 is 0. The third-order valence-corrected chi connectivity index (χ3v) is 6.25. The lowest BCUT2D eigenvalue weighted by Gasteiger charge is -2.26. The van der Waals surface area contributed by atoms with Crippen LogP contribution in [0.25, 0.3) is 0 Å². The van der Waals surface area contributed by atoms with Gasteiger partial charge in [0.15, 0.2) is 0 Å². The number of para-hydroxylation sites is 1. The van der Waals surface area contributed by atoms with E-state index in [0.717, 1.165) is 25.3 Å². The van der Waals surface area contributed by atoms with Gasteiger partial charge < -0.3 is 10.2 Å². The topological polar surface area (TPSA) is 61.4 Å². The van der Waals surface area contributed by atoms with E-state index in [1.165, 1.54) is 5.56 Å². The molecule has 6 nitrogen and oxygen atoms in total. The third kappa shape index (κ3) is 4.27. The molecule has 31 heavy (non-hydrogen) atoms. The third-order valence-electron chi connectivity index (χ3n) is 6.25. The zero-order valence-electron chi connectivity index (χ0n) is 17.4. The number of aromatic nitrogens is 2. The summed E-state index contributed by atoms with van der Waals surface area (Å²) in [4.78, 5) is 26.2. The van der Waals surface area contributed by atoms with Gasteiger partial charge in [0.1, 0.15) is 0 Å². The van der Waals surface area contributed by atoms with E-state index < -0.39 is 0 Å². The highest BCUT2D eigenvalue weighted by atomic mass is 35.5. The van der Waals surface area contributed by atoms with Gasteiger partial charge in [-0.15, -0.1) is 12.4 Å². The van der Waals surface area contributed by atoms with Crippen molar-refractivity contribution in [1.82, 2.24) is 19.8 Å². The number of nitrogens with zero attached hydrogens (tertiary/aromatic N) is 4. The molecule has 2 aliphatic rings. The van der Waals surface area contributed by atoms with Crippen LogP contribution in [0.3, 0.4) is 0 Å². The number of hydrogen-bond acceptors (Lipinski definition) is 5. The van der Waals surface area contributed by atoms with Gasteiger partial charge in [-0.05, 0) is 30.7 Å². The molecule has 2 fully saturated rings. The molecule has 1 aromatic heterocycles. The Morgan fingerprint density at radius 2 is 1.58 bits per heavy atom. The lowest BCUT2D eigenvalue weighted by molar-refractivity contribution is 0.0767. The smallest absolute Gasteiger partial charge is 0.257 e. The lowest BCUT2D eigenvalue weighted by Crippen LogP contribution is -2.33. The Morgan fingerprint density at radius 1 is 0.935 bits per heavy atom. The molecule has 0 spiro atoms. The van der Waals surface area contributed by atoms with Crippen LogP contribution in [0.5, 0.6) is 0 Å². The summed E-state index contributed by atoms with van der Waals surface area (Å²) < 4.78 is 0. The maximum absolute atomic E-state index is 13.1. The molecule has 3 heterocycles. The second-order valence-electron chi connectivity index (χ2n) is 8.22. The zero-order valence-corrected chi connectivity index (χ0v) is 18.2. The molecular weight excluding hydrogens is 410 g/mol. The average Bonchev–Trinajstić information content (AvgIpc) is 3.31. The highest BCUT2D eigenvalue weighted by Crippen LogP contribution is 2.44. The molecule has 0 unspecified atom stereocenters. The fourth-order valence-electron chi connectivity index (χ4n) is 4.91. The maximum Gasteiger partial charge on any atom is 0.257 e. The van der Waals surface area contributed by atoms with Crippen molar-refractivity contribution >= 4 is 29.9 Å². The van der Waals surface area contributed by atoms with Gasteiger partial charge in [0.05, 0.1) is 5.56 Å². The first kappa shape index (κ1) is 21.3. The van der Waals surface area contributed by atoms with Gasteiger partial charge in [0.2, 0.25) is 5.95 Å². The van der Waals surface area contributed by atoms with E-state index in [0.29, 0.717) is 29.4 Å². The Bertz CT molecular complexity index is 1020. The number of benzene rings is 2. The molecule has 0 saturated carbocycles. The molecule has 2 aliphatic heterocycles. The fraction of sp³-hybridized carbons (Fsp3) is 0.292. The first-order chi connectivity index (χ1) is 14.7. The van der Waals surface area contributed by atoms with Gasteiger partial charge >= 0.3 is 0 Å². The molecule has 1 amide bonds. The van der Waals surface area contributed by atoms with Crippen molar-refractivity contribution in [2.24, 2.45) is 11.8 Å². The van der Waals surface area contributed by atoms with Crippen LogP contribution in [-0.2, 0) is 0 Å². The standard InChI is InChI=1S/C24H25N5O.ClH/c1-28-14-19-15-29(16-21(19)22(28)17-8-4-2-5-9-17)23(30)18-12-25-24(26-13-18)27-20-10-6-3-7-11-20;/h2-13,19,21-22H,14-16H2,1H3,(H,25,26,27);1H/t19-,21+,22-;/m0./s1. The summed E-state index contributed by atoms with van der Waals surface area (Å²) in [6.45, 7) is 2.59. The van der Waals surface area contributed by atoms with Crippen LogP contribution in [0.15, 0.2) is 73.1 Å². The number of hydrogen-bond donors (Lipinski definition) is 1. The van der Waals surface area contributed by atoms with Gasteiger partial charge in [0, 0.05) is 49.7 Å². The van der Waals surface area contributed by atoms with Crippen molar-refractivity contribution in [1.29, 1.82) is 0 Å². The Kier molecular flexibility index (Phi) is 6.20. The number of carbonyl (C=O) groups excluding carboxylic acids is 1. The average molecular weight is 436 g/mol. The Morgan fingerprint density at radius 3 is 2.26 bits per heavy atom. The summed E-state index contributed by atoms with van der Waals surface area (Å²) in [6, 6.07) is 20.7. The van der Waals surface area contributed by atoms with Crippen LogP contribution < -0.4 is 5.32 Å². The normalized spacial score (nSPS) is 22.6. The van der Waals surface area contributed by atoms with Gasteiger partial charge in [-0.25, -0.2) is 9.97 Å². The van der Waals surface area contributed by atoms with Crippen molar-refractivity contribution in [3.63, 3.8) is 0 Å². The minimum atomic E-state index is 0. The molecule has 2 saturated heterocycles. The maximum atomic E-state index is 13.1. The minimum Gasteiger partial charge on any atom is -0.338 e. The summed E-state index contributed by atoms with van der Waals surface area (Å²) in [5.74, 6) is 1.47. The highest BCUT2D eigenvalue weighted by molar-refractivity contribution is 5.94. The van der Waals surface area contributed by atoms with E-state index in [1.807, 2.05) is 35.2 Å². The monoisotopic (exact) mass is 435 g/mol. The van der Waals surface area contributed by atoms with Crippen molar-refractivity contribution in [2.75, 3.05) is 32.0 Å². The van der Waals surface area contributed by atoms with Crippen molar-refractivity contribution in [2.45, 2.75) is 6.04 Å². The molecule has 160 valence electrons. The van der Waals surface area contributed by atoms with Crippen molar-refractivity contribution in [3.05, 3.63) is 84.2 Å². The number of fused-ring (bicyclic) bond motifs is 1. The number of halogens is 1. The minimum absolute atomic E-state index is 0. The summed E-state index contributed by atoms with van der Waals surface area (Å²) in [6.07, 6.45) is 3.24. The van der Waals surface area contributed by atoms with Gasteiger partial charge in [0.25, 0.3) is 5.91 Å². The molecule has 0 bridgehead atoms. The highest BCUT2D eigenvalue weighted by Gasteiger charge is 2.47. The zero-order chi connectivity index (χ0) is 20.5. The summed E-state index contributed by atoms with van der Waals surface area (Å²) in [7, 11) is 2.19. The Labute approximate surface area is 188 Å². The van der Waals surface area contributed by atoms with Crippen LogP contribution in [0.1, 0.15) is 22.0 Å².